The number of aromatic nitrogens is 2. The van der Waals surface area contributed by atoms with Crippen molar-refractivity contribution in [3.8, 4) is 0 Å². The first-order valence-corrected chi connectivity index (χ1v) is 7.87. The SMILES string of the molecule is Nc1ccc2c(=O)n3c(nc2c1)C(=Cc1ccc(C(=O)O)cc1)CC3. The number of aromatic carboxylic acids is 1. The molecule has 25 heavy (non-hydrogen) atoms. The van der Waals surface area contributed by atoms with Gasteiger partial charge in [-0.3, -0.25) is 9.36 Å². The third-order valence-corrected chi connectivity index (χ3v) is 4.37. The van der Waals surface area contributed by atoms with Crippen LogP contribution in [-0.2, 0) is 6.54 Å². The lowest BCUT2D eigenvalue weighted by Crippen LogP contribution is -2.20. The van der Waals surface area contributed by atoms with E-state index in [1.807, 2.05) is 6.08 Å². The number of rotatable bonds is 2. The molecule has 4 rings (SSSR count). The van der Waals surface area contributed by atoms with E-state index in [9.17, 15) is 9.59 Å². The molecule has 1 aromatic heterocycles. The molecule has 1 aliphatic rings. The Hall–Kier alpha value is -3.41. The summed E-state index contributed by atoms with van der Waals surface area (Å²) in [5.41, 5.74) is 8.95. The molecule has 0 bridgehead atoms. The van der Waals surface area contributed by atoms with Crippen LogP contribution in [0.4, 0.5) is 5.69 Å². The quantitative estimate of drug-likeness (QED) is 0.703. The van der Waals surface area contributed by atoms with Gasteiger partial charge in [0.05, 0.1) is 16.5 Å². The van der Waals surface area contributed by atoms with E-state index in [1.165, 1.54) is 0 Å². The van der Waals surface area contributed by atoms with Gasteiger partial charge in [0.25, 0.3) is 5.56 Å². The first-order chi connectivity index (χ1) is 12.0. The van der Waals surface area contributed by atoms with E-state index < -0.39 is 5.97 Å². The molecule has 6 heteroatoms. The summed E-state index contributed by atoms with van der Waals surface area (Å²) in [6.45, 7) is 0.584. The van der Waals surface area contributed by atoms with Crippen LogP contribution in [-0.4, -0.2) is 20.6 Å². The molecule has 3 N–H and O–H groups in total. The lowest BCUT2D eigenvalue weighted by Gasteiger charge is -2.06. The summed E-state index contributed by atoms with van der Waals surface area (Å²) < 4.78 is 1.68. The van der Waals surface area contributed by atoms with E-state index in [1.54, 1.807) is 47.0 Å². The van der Waals surface area contributed by atoms with Gasteiger partial charge in [0, 0.05) is 12.2 Å². The average Bonchev–Trinajstić information content (AvgIpc) is 2.98. The molecule has 2 aromatic carbocycles. The summed E-state index contributed by atoms with van der Waals surface area (Å²) >= 11 is 0. The predicted molar refractivity (Wildman–Crippen MR) is 96.3 cm³/mol. The largest absolute Gasteiger partial charge is 0.478 e. The van der Waals surface area contributed by atoms with Crippen LogP contribution in [0, 0.1) is 0 Å². The molecule has 0 aliphatic carbocycles. The average molecular weight is 333 g/mol. The molecule has 0 saturated heterocycles. The van der Waals surface area contributed by atoms with Crippen molar-refractivity contribution in [3.63, 3.8) is 0 Å². The maximum Gasteiger partial charge on any atom is 0.335 e. The smallest absolute Gasteiger partial charge is 0.335 e. The molecule has 3 aromatic rings. The molecule has 0 atom stereocenters. The maximum atomic E-state index is 12.6. The second-order valence-corrected chi connectivity index (χ2v) is 6.02. The predicted octanol–water partition coefficient (Wildman–Crippen LogP) is 2.62. The van der Waals surface area contributed by atoms with Gasteiger partial charge < -0.3 is 10.8 Å². The zero-order chi connectivity index (χ0) is 17.6. The molecular weight excluding hydrogens is 318 g/mol. The molecule has 0 spiro atoms. The minimum atomic E-state index is -0.956. The highest BCUT2D eigenvalue weighted by Crippen LogP contribution is 2.28. The number of anilines is 1. The van der Waals surface area contributed by atoms with Crippen molar-refractivity contribution in [1.82, 2.24) is 9.55 Å². The first kappa shape index (κ1) is 15.1. The molecule has 1 aliphatic heterocycles. The number of nitrogens with zero attached hydrogens (tertiary/aromatic N) is 2. The van der Waals surface area contributed by atoms with E-state index in [0.29, 0.717) is 35.4 Å². The van der Waals surface area contributed by atoms with Crippen molar-refractivity contribution in [3.05, 3.63) is 69.8 Å². The summed E-state index contributed by atoms with van der Waals surface area (Å²) in [6, 6.07) is 11.7. The van der Waals surface area contributed by atoms with Crippen LogP contribution in [0.2, 0.25) is 0 Å². The molecule has 0 fully saturated rings. The van der Waals surface area contributed by atoms with Gasteiger partial charge in [0.1, 0.15) is 5.82 Å². The summed E-state index contributed by atoms with van der Waals surface area (Å²) in [5.74, 6) is -0.312. The van der Waals surface area contributed by atoms with Crippen LogP contribution < -0.4 is 11.3 Å². The number of nitrogens with two attached hydrogens (primary N) is 1. The number of nitrogen functional groups attached to an aromatic ring is 1. The number of carboxylic acid groups (broad SMARTS) is 1. The lowest BCUT2D eigenvalue weighted by molar-refractivity contribution is 0.0697. The molecular formula is C19H15N3O3. The van der Waals surface area contributed by atoms with Gasteiger partial charge in [-0.1, -0.05) is 12.1 Å². The van der Waals surface area contributed by atoms with Crippen molar-refractivity contribution >= 4 is 34.2 Å². The van der Waals surface area contributed by atoms with Crippen LogP contribution in [0.3, 0.4) is 0 Å². The summed E-state index contributed by atoms with van der Waals surface area (Å²) in [4.78, 5) is 28.2. The van der Waals surface area contributed by atoms with E-state index in [0.717, 1.165) is 11.1 Å². The number of benzene rings is 2. The highest BCUT2D eigenvalue weighted by atomic mass is 16.4. The first-order valence-electron chi connectivity index (χ1n) is 7.87. The Balaban J connectivity index is 1.82. The van der Waals surface area contributed by atoms with Gasteiger partial charge in [0.2, 0.25) is 0 Å². The number of fused-ring (bicyclic) bond motifs is 2. The Morgan fingerprint density at radius 1 is 1.20 bits per heavy atom. The molecule has 0 amide bonds. The highest BCUT2D eigenvalue weighted by Gasteiger charge is 2.20. The van der Waals surface area contributed by atoms with Crippen LogP contribution in [0.15, 0.2) is 47.3 Å². The molecule has 6 nitrogen and oxygen atoms in total. The van der Waals surface area contributed by atoms with Gasteiger partial charge in [-0.05, 0) is 54.0 Å². The highest BCUT2D eigenvalue weighted by molar-refractivity contribution is 5.89. The topological polar surface area (TPSA) is 98.2 Å². The lowest BCUT2D eigenvalue weighted by atomic mass is 10.1. The van der Waals surface area contributed by atoms with Crippen molar-refractivity contribution in [2.75, 3.05) is 5.73 Å². The number of carbonyl (C=O) groups is 1. The van der Waals surface area contributed by atoms with Crippen molar-refractivity contribution in [2.45, 2.75) is 13.0 Å². The summed E-state index contributed by atoms with van der Waals surface area (Å²) in [7, 11) is 0. The molecule has 0 saturated carbocycles. The Labute approximate surface area is 142 Å². The van der Waals surface area contributed by atoms with Gasteiger partial charge in [-0.2, -0.15) is 0 Å². The molecule has 124 valence electrons. The minimum absolute atomic E-state index is 0.0652. The fourth-order valence-corrected chi connectivity index (χ4v) is 3.09. The summed E-state index contributed by atoms with van der Waals surface area (Å²) in [6.07, 6.45) is 2.64. The number of allylic oxidation sites excluding steroid dienone is 1. The fraction of sp³-hybridized carbons (Fsp3) is 0.105. The van der Waals surface area contributed by atoms with Crippen molar-refractivity contribution in [1.29, 1.82) is 0 Å². The Morgan fingerprint density at radius 3 is 2.68 bits per heavy atom. The molecule has 0 radical (unpaired) electrons. The van der Waals surface area contributed by atoms with Crippen LogP contribution >= 0.6 is 0 Å². The van der Waals surface area contributed by atoms with E-state index >= 15 is 0 Å². The van der Waals surface area contributed by atoms with Crippen molar-refractivity contribution in [2.24, 2.45) is 0 Å². The third kappa shape index (κ3) is 2.57. The van der Waals surface area contributed by atoms with E-state index in [-0.39, 0.29) is 11.1 Å². The number of carboxylic acids is 1. The Morgan fingerprint density at radius 2 is 1.96 bits per heavy atom. The Bertz CT molecular complexity index is 1100. The third-order valence-electron chi connectivity index (χ3n) is 4.37. The molecule has 0 unspecified atom stereocenters. The monoisotopic (exact) mass is 333 g/mol. The van der Waals surface area contributed by atoms with Crippen molar-refractivity contribution < 1.29 is 9.90 Å². The number of hydrogen-bond acceptors (Lipinski definition) is 4. The maximum absolute atomic E-state index is 12.6. The normalized spacial score (nSPS) is 14.8. The van der Waals surface area contributed by atoms with Gasteiger partial charge in [-0.15, -0.1) is 0 Å². The second kappa shape index (κ2) is 5.59. The minimum Gasteiger partial charge on any atom is -0.478 e. The van der Waals surface area contributed by atoms with Crippen LogP contribution in [0.25, 0.3) is 22.6 Å². The van der Waals surface area contributed by atoms with Gasteiger partial charge >= 0.3 is 5.97 Å². The fourth-order valence-electron chi connectivity index (χ4n) is 3.09. The second-order valence-electron chi connectivity index (χ2n) is 6.02. The standard InChI is InChI=1S/C19H15N3O3/c20-14-5-6-15-16(10-14)21-17-13(7-8-22(17)18(15)23)9-11-1-3-12(4-2-11)19(24)25/h1-6,9-10H,7-8,20H2,(H,24,25). The van der Waals surface area contributed by atoms with Gasteiger partial charge in [0.15, 0.2) is 0 Å². The number of hydrogen-bond donors (Lipinski definition) is 2. The van der Waals surface area contributed by atoms with E-state index in [2.05, 4.69) is 4.98 Å². The van der Waals surface area contributed by atoms with Crippen LogP contribution in [0.5, 0.6) is 0 Å². The zero-order valence-corrected chi connectivity index (χ0v) is 13.3. The Kier molecular flexibility index (Phi) is 3.39. The van der Waals surface area contributed by atoms with Crippen LogP contribution in [0.1, 0.15) is 28.2 Å². The molecule has 2 heterocycles. The zero-order valence-electron chi connectivity index (χ0n) is 13.3. The van der Waals surface area contributed by atoms with E-state index in [4.69, 9.17) is 10.8 Å². The summed E-state index contributed by atoms with van der Waals surface area (Å²) in [5, 5.41) is 9.53. The van der Waals surface area contributed by atoms with Gasteiger partial charge in [-0.25, -0.2) is 9.78 Å².